The highest BCUT2D eigenvalue weighted by molar-refractivity contribution is 6.04. The summed E-state index contributed by atoms with van der Waals surface area (Å²) < 4.78 is 5.43. The van der Waals surface area contributed by atoms with Crippen molar-refractivity contribution >= 4 is 11.6 Å². The van der Waals surface area contributed by atoms with Gasteiger partial charge in [0.15, 0.2) is 0 Å². The lowest BCUT2D eigenvalue weighted by Gasteiger charge is -2.29. The molecule has 2 aliphatic heterocycles. The molecule has 1 unspecified atom stereocenters. The maximum atomic E-state index is 13.3. The number of rotatable bonds is 4. The van der Waals surface area contributed by atoms with E-state index in [9.17, 15) is 4.79 Å². The quantitative estimate of drug-likeness (QED) is 0.774. The van der Waals surface area contributed by atoms with Crippen LogP contribution in [-0.4, -0.2) is 54.4 Å². The van der Waals surface area contributed by atoms with Crippen LogP contribution in [0.1, 0.15) is 45.8 Å². The summed E-state index contributed by atoms with van der Waals surface area (Å²) in [5, 5.41) is 6.63. The van der Waals surface area contributed by atoms with Crippen molar-refractivity contribution in [3.05, 3.63) is 69.8 Å². The average molecular weight is 406 g/mol. The normalized spacial score (nSPS) is 19.8. The van der Waals surface area contributed by atoms with Crippen LogP contribution in [0.4, 0.5) is 0 Å². The third kappa shape index (κ3) is 4.32. The van der Waals surface area contributed by atoms with E-state index in [4.69, 9.17) is 9.84 Å². The Balaban J connectivity index is 1.67. The second-order valence-electron chi connectivity index (χ2n) is 8.57. The summed E-state index contributed by atoms with van der Waals surface area (Å²) in [6.45, 7) is 11.8. The number of carbonyl (C=O) groups excluding carboxylic acids is 1. The van der Waals surface area contributed by atoms with Gasteiger partial charge in [0, 0.05) is 25.1 Å². The number of hydrazone groups is 1. The number of nitrogens with zero attached hydrogens (tertiary/aromatic N) is 3. The molecule has 2 heterocycles. The number of morpholine rings is 1. The van der Waals surface area contributed by atoms with Crippen molar-refractivity contribution in [3.63, 3.8) is 0 Å². The van der Waals surface area contributed by atoms with Crippen LogP contribution in [0.5, 0.6) is 0 Å². The van der Waals surface area contributed by atoms with Gasteiger partial charge in [0.2, 0.25) is 0 Å². The lowest BCUT2D eigenvalue weighted by Crippen LogP contribution is -2.43. The van der Waals surface area contributed by atoms with Crippen molar-refractivity contribution in [2.24, 2.45) is 5.10 Å². The highest BCUT2D eigenvalue weighted by Gasteiger charge is 2.35. The third-order valence-electron chi connectivity index (χ3n) is 6.12. The molecule has 1 saturated heterocycles. The molecule has 1 fully saturated rings. The molecule has 2 aliphatic rings. The minimum Gasteiger partial charge on any atom is -0.379 e. The van der Waals surface area contributed by atoms with Gasteiger partial charge in [-0.2, -0.15) is 5.10 Å². The third-order valence-corrected chi connectivity index (χ3v) is 6.12. The highest BCUT2D eigenvalue weighted by atomic mass is 16.5. The first-order valence-corrected chi connectivity index (χ1v) is 10.8. The zero-order valence-electron chi connectivity index (χ0n) is 18.4. The lowest BCUT2D eigenvalue weighted by atomic mass is 9.92. The van der Waals surface area contributed by atoms with Crippen molar-refractivity contribution in [2.45, 2.75) is 40.2 Å². The summed E-state index contributed by atoms with van der Waals surface area (Å²) in [5.74, 6) is 0.0579. The Morgan fingerprint density at radius 2 is 1.70 bits per heavy atom. The number of hydrogen-bond acceptors (Lipinski definition) is 4. The molecule has 5 nitrogen and oxygen atoms in total. The molecule has 0 bridgehead atoms. The van der Waals surface area contributed by atoms with Crippen molar-refractivity contribution in [1.82, 2.24) is 9.91 Å². The maximum Gasteiger partial charge on any atom is 0.257 e. The van der Waals surface area contributed by atoms with Gasteiger partial charge in [-0.15, -0.1) is 0 Å². The van der Waals surface area contributed by atoms with Gasteiger partial charge >= 0.3 is 0 Å². The molecule has 1 amide bonds. The van der Waals surface area contributed by atoms with E-state index >= 15 is 0 Å². The first-order chi connectivity index (χ1) is 14.4. The van der Waals surface area contributed by atoms with Crippen LogP contribution in [0.25, 0.3) is 0 Å². The maximum absolute atomic E-state index is 13.3. The highest BCUT2D eigenvalue weighted by Crippen LogP contribution is 2.35. The standard InChI is InChI=1S/C25H31N3O2/c1-17-6-8-21(20(4)13-17)23-15-24(22-14-18(2)5-7-19(22)3)28(26-23)25(29)16-27-9-11-30-12-10-27/h5-8,13-14,24H,9-12,15-16H2,1-4H3. The van der Waals surface area contributed by atoms with Crippen LogP contribution < -0.4 is 0 Å². The fraction of sp³-hybridized carbons (Fsp3) is 0.440. The molecule has 0 radical (unpaired) electrons. The molecule has 0 aliphatic carbocycles. The molecular weight excluding hydrogens is 374 g/mol. The molecule has 0 N–H and O–H groups in total. The van der Waals surface area contributed by atoms with Gasteiger partial charge in [0.1, 0.15) is 0 Å². The summed E-state index contributed by atoms with van der Waals surface area (Å²) in [4.78, 5) is 15.5. The van der Waals surface area contributed by atoms with E-state index in [2.05, 4.69) is 69.0 Å². The van der Waals surface area contributed by atoms with E-state index in [1.54, 1.807) is 5.01 Å². The van der Waals surface area contributed by atoms with Gasteiger partial charge in [0.25, 0.3) is 5.91 Å². The first kappa shape index (κ1) is 20.8. The Bertz CT molecular complexity index is 976. The number of ether oxygens (including phenoxy) is 1. The van der Waals surface area contributed by atoms with Gasteiger partial charge in [-0.1, -0.05) is 47.5 Å². The van der Waals surface area contributed by atoms with Crippen LogP contribution in [0.3, 0.4) is 0 Å². The van der Waals surface area contributed by atoms with Crippen molar-refractivity contribution in [2.75, 3.05) is 32.8 Å². The van der Waals surface area contributed by atoms with Gasteiger partial charge in [-0.3, -0.25) is 9.69 Å². The minimum atomic E-state index is -0.0610. The molecular formula is C25H31N3O2. The van der Waals surface area contributed by atoms with Crippen molar-refractivity contribution < 1.29 is 9.53 Å². The van der Waals surface area contributed by atoms with Crippen LogP contribution in [0, 0.1) is 27.7 Å². The number of aryl methyl sites for hydroxylation is 4. The Hall–Kier alpha value is -2.50. The topological polar surface area (TPSA) is 45.1 Å². The van der Waals surface area contributed by atoms with E-state index in [1.165, 1.54) is 27.8 Å². The molecule has 2 aromatic carbocycles. The van der Waals surface area contributed by atoms with E-state index in [0.717, 1.165) is 30.8 Å². The van der Waals surface area contributed by atoms with Crippen LogP contribution >= 0.6 is 0 Å². The van der Waals surface area contributed by atoms with Gasteiger partial charge in [0.05, 0.1) is 31.5 Å². The van der Waals surface area contributed by atoms with E-state index in [1.807, 2.05) is 0 Å². The second-order valence-corrected chi connectivity index (χ2v) is 8.57. The number of benzene rings is 2. The number of hydrogen-bond donors (Lipinski definition) is 0. The molecule has 30 heavy (non-hydrogen) atoms. The molecule has 158 valence electrons. The van der Waals surface area contributed by atoms with E-state index in [0.29, 0.717) is 19.8 Å². The Morgan fingerprint density at radius 1 is 1.00 bits per heavy atom. The number of amides is 1. The molecule has 0 spiro atoms. The summed E-state index contributed by atoms with van der Waals surface area (Å²) in [6.07, 6.45) is 0.739. The average Bonchev–Trinajstić information content (AvgIpc) is 3.15. The van der Waals surface area contributed by atoms with E-state index < -0.39 is 0 Å². The molecule has 5 heteroatoms. The van der Waals surface area contributed by atoms with Crippen LogP contribution in [0.15, 0.2) is 41.5 Å². The predicted molar refractivity (Wildman–Crippen MR) is 120 cm³/mol. The molecule has 1 atom stereocenters. The monoisotopic (exact) mass is 405 g/mol. The summed E-state index contributed by atoms with van der Waals surface area (Å²) >= 11 is 0. The van der Waals surface area contributed by atoms with Crippen molar-refractivity contribution in [3.8, 4) is 0 Å². The zero-order valence-corrected chi connectivity index (χ0v) is 18.4. The summed E-state index contributed by atoms with van der Waals surface area (Å²) in [7, 11) is 0. The fourth-order valence-corrected chi connectivity index (χ4v) is 4.42. The molecule has 0 saturated carbocycles. The van der Waals surface area contributed by atoms with Gasteiger partial charge < -0.3 is 4.74 Å². The second kappa shape index (κ2) is 8.70. The summed E-state index contributed by atoms with van der Waals surface area (Å²) in [6, 6.07) is 12.9. The number of carbonyl (C=O) groups is 1. The molecule has 0 aromatic heterocycles. The van der Waals surface area contributed by atoms with Gasteiger partial charge in [-0.25, -0.2) is 5.01 Å². The fourth-order valence-electron chi connectivity index (χ4n) is 4.42. The smallest absolute Gasteiger partial charge is 0.257 e. The Morgan fingerprint density at radius 3 is 2.43 bits per heavy atom. The summed E-state index contributed by atoms with van der Waals surface area (Å²) in [5.41, 5.74) is 8.17. The Labute approximate surface area is 179 Å². The van der Waals surface area contributed by atoms with Gasteiger partial charge in [-0.05, 0) is 44.4 Å². The zero-order chi connectivity index (χ0) is 21.3. The van der Waals surface area contributed by atoms with Crippen molar-refractivity contribution in [1.29, 1.82) is 0 Å². The SMILES string of the molecule is Cc1ccc(C2=NN(C(=O)CN3CCOCC3)C(c3cc(C)ccc3C)C2)c(C)c1. The minimum absolute atomic E-state index is 0.0579. The molecule has 4 rings (SSSR count). The van der Waals surface area contributed by atoms with Crippen LogP contribution in [-0.2, 0) is 9.53 Å². The lowest BCUT2D eigenvalue weighted by molar-refractivity contribution is -0.135. The predicted octanol–water partition coefficient (Wildman–Crippen LogP) is 3.93. The molecule has 2 aromatic rings. The van der Waals surface area contributed by atoms with E-state index in [-0.39, 0.29) is 11.9 Å². The van der Waals surface area contributed by atoms with Crippen LogP contribution in [0.2, 0.25) is 0 Å². The Kier molecular flexibility index (Phi) is 6.02. The largest absolute Gasteiger partial charge is 0.379 e. The first-order valence-electron chi connectivity index (χ1n) is 10.8.